The average molecular weight is 338 g/mol. The van der Waals surface area contributed by atoms with E-state index in [1.54, 1.807) is 7.11 Å². The summed E-state index contributed by atoms with van der Waals surface area (Å²) in [6.45, 7) is 5.07. The van der Waals surface area contributed by atoms with Gasteiger partial charge in [-0.25, -0.2) is 4.79 Å². The average Bonchev–Trinajstić information content (AvgIpc) is 3.33. The number of methoxy groups -OCH3 is 1. The molecule has 1 aliphatic carbocycles. The molecule has 1 saturated carbocycles. The summed E-state index contributed by atoms with van der Waals surface area (Å²) in [6.07, 6.45) is 2.23. The molecule has 8 heteroatoms. The number of carbonyl (C=O) groups is 1. The van der Waals surface area contributed by atoms with Crippen LogP contribution in [0.5, 0.6) is 0 Å². The highest BCUT2D eigenvalue weighted by Crippen LogP contribution is 2.33. The Bertz CT molecular complexity index is 703. The number of nitrogens with zero attached hydrogens (tertiary/aromatic N) is 2. The number of aromatic nitrogens is 2. The number of nitrogens with one attached hydrogen (secondary N) is 1. The number of rotatable bonds is 8. The Labute approximate surface area is 140 Å². The zero-order chi connectivity index (χ0) is 17.9. The second-order valence-electron chi connectivity index (χ2n) is 6.61. The minimum atomic E-state index is -0.621. The Morgan fingerprint density at radius 3 is 2.62 bits per heavy atom. The van der Waals surface area contributed by atoms with Crippen LogP contribution in [0.1, 0.15) is 33.1 Å². The van der Waals surface area contributed by atoms with Gasteiger partial charge in [0.15, 0.2) is 5.69 Å². The molecule has 8 nitrogen and oxygen atoms in total. The molecule has 0 aliphatic heterocycles. The van der Waals surface area contributed by atoms with Crippen molar-refractivity contribution in [2.75, 3.05) is 30.9 Å². The van der Waals surface area contributed by atoms with Gasteiger partial charge in [-0.3, -0.25) is 19.1 Å². The van der Waals surface area contributed by atoms with Gasteiger partial charge in [0.1, 0.15) is 5.82 Å². The molecule has 0 bridgehead atoms. The standard InChI is InChI=1S/C16H26N4O4/c1-10(2)9-20-13(17)12(14(21)18-16(20)23)19(7-4-8-24-3)15(22)11-5-6-11/h10-11H,4-9,17H2,1-3H3,(H,18,21,23). The Morgan fingerprint density at radius 2 is 2.08 bits per heavy atom. The lowest BCUT2D eigenvalue weighted by Crippen LogP contribution is -2.42. The van der Waals surface area contributed by atoms with Gasteiger partial charge in [0.05, 0.1) is 0 Å². The Morgan fingerprint density at radius 1 is 1.42 bits per heavy atom. The van der Waals surface area contributed by atoms with Crippen LogP contribution >= 0.6 is 0 Å². The zero-order valence-electron chi connectivity index (χ0n) is 14.5. The third-order valence-corrected chi connectivity index (χ3v) is 3.95. The van der Waals surface area contributed by atoms with Gasteiger partial charge >= 0.3 is 5.69 Å². The molecule has 0 saturated heterocycles. The fourth-order valence-electron chi connectivity index (χ4n) is 2.63. The summed E-state index contributed by atoms with van der Waals surface area (Å²) in [5.41, 5.74) is 5.02. The van der Waals surface area contributed by atoms with Crippen molar-refractivity contribution < 1.29 is 9.53 Å². The molecule has 1 aromatic rings. The van der Waals surface area contributed by atoms with Crippen LogP contribution in [0.4, 0.5) is 11.5 Å². The number of anilines is 2. The number of aromatic amines is 1. The summed E-state index contributed by atoms with van der Waals surface area (Å²) in [5.74, 6) is 0.0450. The molecule has 1 amide bonds. The summed E-state index contributed by atoms with van der Waals surface area (Å²) >= 11 is 0. The monoisotopic (exact) mass is 338 g/mol. The van der Waals surface area contributed by atoms with Crippen LogP contribution in [-0.2, 0) is 16.1 Å². The fourth-order valence-corrected chi connectivity index (χ4v) is 2.63. The van der Waals surface area contributed by atoms with E-state index >= 15 is 0 Å². The highest BCUT2D eigenvalue weighted by Gasteiger charge is 2.36. The van der Waals surface area contributed by atoms with E-state index in [0.717, 1.165) is 12.8 Å². The first-order valence-electron chi connectivity index (χ1n) is 8.29. The quantitative estimate of drug-likeness (QED) is 0.673. The molecule has 1 aromatic heterocycles. The van der Waals surface area contributed by atoms with E-state index in [0.29, 0.717) is 26.1 Å². The van der Waals surface area contributed by atoms with Crippen molar-refractivity contribution in [3.63, 3.8) is 0 Å². The number of nitrogens with two attached hydrogens (primary N) is 1. The molecule has 1 fully saturated rings. The zero-order valence-corrected chi connectivity index (χ0v) is 14.5. The highest BCUT2D eigenvalue weighted by molar-refractivity contribution is 5.98. The molecule has 0 radical (unpaired) electrons. The van der Waals surface area contributed by atoms with Crippen molar-refractivity contribution in [1.29, 1.82) is 0 Å². The van der Waals surface area contributed by atoms with Crippen LogP contribution in [0.3, 0.4) is 0 Å². The molecule has 0 spiro atoms. The lowest BCUT2D eigenvalue weighted by Gasteiger charge is -2.25. The minimum Gasteiger partial charge on any atom is -0.385 e. The SMILES string of the molecule is COCCCN(C(=O)C1CC1)c1c(N)n(CC(C)C)c(=O)[nH]c1=O. The largest absolute Gasteiger partial charge is 0.385 e. The molecule has 0 unspecified atom stereocenters. The van der Waals surface area contributed by atoms with Crippen molar-refractivity contribution in [1.82, 2.24) is 9.55 Å². The lowest BCUT2D eigenvalue weighted by molar-refractivity contribution is -0.119. The van der Waals surface area contributed by atoms with Gasteiger partial charge < -0.3 is 15.4 Å². The first-order chi connectivity index (χ1) is 11.4. The molecule has 0 atom stereocenters. The number of hydrogen-bond acceptors (Lipinski definition) is 5. The van der Waals surface area contributed by atoms with Gasteiger partial charge in [-0.15, -0.1) is 0 Å². The first kappa shape index (κ1) is 18.3. The van der Waals surface area contributed by atoms with E-state index < -0.39 is 11.2 Å². The summed E-state index contributed by atoms with van der Waals surface area (Å²) in [6, 6.07) is 0. The van der Waals surface area contributed by atoms with E-state index in [1.165, 1.54) is 9.47 Å². The number of nitrogen functional groups attached to an aromatic ring is 1. The highest BCUT2D eigenvalue weighted by atomic mass is 16.5. The number of hydrogen-bond donors (Lipinski definition) is 2. The van der Waals surface area contributed by atoms with Crippen LogP contribution in [0, 0.1) is 11.8 Å². The van der Waals surface area contributed by atoms with Crippen molar-refractivity contribution in [3.8, 4) is 0 Å². The van der Waals surface area contributed by atoms with Crippen LogP contribution in [-0.4, -0.2) is 35.7 Å². The summed E-state index contributed by atoms with van der Waals surface area (Å²) < 4.78 is 6.35. The van der Waals surface area contributed by atoms with Crippen LogP contribution in [0.25, 0.3) is 0 Å². The summed E-state index contributed by atoms with van der Waals surface area (Å²) in [7, 11) is 1.58. The maximum Gasteiger partial charge on any atom is 0.330 e. The summed E-state index contributed by atoms with van der Waals surface area (Å²) in [4.78, 5) is 40.7. The maximum atomic E-state index is 12.6. The third kappa shape index (κ3) is 4.05. The molecule has 134 valence electrons. The van der Waals surface area contributed by atoms with Gasteiger partial charge in [0.2, 0.25) is 5.91 Å². The minimum absolute atomic E-state index is 0.0452. The Hall–Kier alpha value is -2.09. The molecular weight excluding hydrogens is 312 g/mol. The molecular formula is C16H26N4O4. The molecule has 1 aliphatic rings. The maximum absolute atomic E-state index is 12.6. The molecule has 1 heterocycles. The van der Waals surface area contributed by atoms with Gasteiger partial charge in [-0.05, 0) is 25.2 Å². The fraction of sp³-hybridized carbons (Fsp3) is 0.688. The summed E-state index contributed by atoms with van der Waals surface area (Å²) in [5, 5.41) is 0. The van der Waals surface area contributed by atoms with Crippen LogP contribution < -0.4 is 21.9 Å². The van der Waals surface area contributed by atoms with E-state index in [-0.39, 0.29) is 29.2 Å². The second-order valence-corrected chi connectivity index (χ2v) is 6.61. The van der Waals surface area contributed by atoms with Crippen molar-refractivity contribution in [3.05, 3.63) is 20.8 Å². The van der Waals surface area contributed by atoms with Crippen molar-refractivity contribution >= 4 is 17.4 Å². The van der Waals surface area contributed by atoms with Gasteiger partial charge in [-0.1, -0.05) is 13.8 Å². The Kier molecular flexibility index (Phi) is 5.82. The molecule has 2 rings (SSSR count). The number of amides is 1. The van der Waals surface area contributed by atoms with E-state index in [2.05, 4.69) is 4.98 Å². The Balaban J connectivity index is 2.45. The van der Waals surface area contributed by atoms with Crippen molar-refractivity contribution in [2.24, 2.45) is 11.8 Å². The number of H-pyrrole nitrogens is 1. The normalized spacial score (nSPS) is 14.2. The van der Waals surface area contributed by atoms with Crippen molar-refractivity contribution in [2.45, 2.75) is 39.7 Å². The third-order valence-electron chi connectivity index (χ3n) is 3.95. The lowest BCUT2D eigenvalue weighted by atomic mass is 10.2. The first-order valence-corrected chi connectivity index (χ1v) is 8.29. The van der Waals surface area contributed by atoms with Crippen LogP contribution in [0.2, 0.25) is 0 Å². The molecule has 24 heavy (non-hydrogen) atoms. The van der Waals surface area contributed by atoms with E-state index in [9.17, 15) is 14.4 Å². The predicted octanol–water partition coefficient (Wildman–Crippen LogP) is 0.554. The van der Waals surface area contributed by atoms with Crippen LogP contribution in [0.15, 0.2) is 9.59 Å². The van der Waals surface area contributed by atoms with Gasteiger partial charge in [0.25, 0.3) is 5.56 Å². The number of carbonyl (C=O) groups excluding carboxylic acids is 1. The second kappa shape index (κ2) is 7.65. The van der Waals surface area contributed by atoms with Gasteiger partial charge in [0, 0.05) is 32.7 Å². The van der Waals surface area contributed by atoms with Gasteiger partial charge in [-0.2, -0.15) is 0 Å². The molecule has 0 aromatic carbocycles. The smallest absolute Gasteiger partial charge is 0.330 e. The predicted molar refractivity (Wildman–Crippen MR) is 92.1 cm³/mol. The number of ether oxygens (including phenoxy) is 1. The topological polar surface area (TPSA) is 110 Å². The molecule has 3 N–H and O–H groups in total. The van der Waals surface area contributed by atoms with E-state index in [4.69, 9.17) is 10.5 Å². The van der Waals surface area contributed by atoms with E-state index in [1.807, 2.05) is 13.8 Å².